The number of pyridine rings is 1. The van der Waals surface area contributed by atoms with E-state index in [9.17, 15) is 9.59 Å². The largest absolute Gasteiger partial charge is 0.354 e. The number of nitrogens with one attached hydrogen (secondary N) is 1. The molecular weight excluding hydrogens is 340 g/mol. The number of fused-ring (bicyclic) bond motifs is 2. The number of benzene rings is 2. The molecular formula is C21H20N4O2. The number of rotatable bonds is 5. The number of aromatic nitrogens is 3. The lowest BCUT2D eigenvalue weighted by atomic mass is 10.1. The highest BCUT2D eigenvalue weighted by atomic mass is 16.2. The minimum atomic E-state index is -0.190. The average molecular weight is 360 g/mol. The number of amides is 1. The van der Waals surface area contributed by atoms with E-state index >= 15 is 0 Å². The van der Waals surface area contributed by atoms with Crippen LogP contribution in [0, 0.1) is 0 Å². The molecule has 1 N–H and O–H groups in total. The van der Waals surface area contributed by atoms with Gasteiger partial charge in [0, 0.05) is 25.2 Å². The van der Waals surface area contributed by atoms with Crippen LogP contribution in [-0.2, 0) is 24.8 Å². The summed E-state index contributed by atoms with van der Waals surface area (Å²) in [5.41, 5.74) is 3.44. The minimum absolute atomic E-state index is 0.00791. The van der Waals surface area contributed by atoms with Gasteiger partial charge in [-0.2, -0.15) is 0 Å². The molecule has 6 heteroatoms. The van der Waals surface area contributed by atoms with Crippen molar-refractivity contribution in [3.63, 3.8) is 0 Å². The van der Waals surface area contributed by atoms with Crippen molar-refractivity contribution in [2.75, 3.05) is 6.54 Å². The molecule has 27 heavy (non-hydrogen) atoms. The fourth-order valence-corrected chi connectivity index (χ4v) is 3.42. The van der Waals surface area contributed by atoms with E-state index in [1.54, 1.807) is 17.8 Å². The molecule has 0 spiro atoms. The number of aryl methyl sites for hydroxylation is 1. The smallest absolute Gasteiger partial charge is 0.329 e. The van der Waals surface area contributed by atoms with Crippen LogP contribution in [0.2, 0.25) is 0 Å². The van der Waals surface area contributed by atoms with Gasteiger partial charge in [0.1, 0.15) is 6.54 Å². The molecule has 4 rings (SSSR count). The van der Waals surface area contributed by atoms with Gasteiger partial charge in [0.15, 0.2) is 0 Å². The van der Waals surface area contributed by atoms with E-state index in [1.165, 1.54) is 4.57 Å². The molecule has 2 aromatic carbocycles. The first-order valence-electron chi connectivity index (χ1n) is 8.89. The van der Waals surface area contributed by atoms with Crippen LogP contribution < -0.4 is 11.0 Å². The van der Waals surface area contributed by atoms with Gasteiger partial charge < -0.3 is 5.32 Å². The Bertz CT molecular complexity index is 1180. The predicted octanol–water partition coefficient (Wildman–Crippen LogP) is 2.25. The summed E-state index contributed by atoms with van der Waals surface area (Å²) in [6.45, 7) is 0.502. The van der Waals surface area contributed by atoms with Gasteiger partial charge in [0.2, 0.25) is 5.91 Å². The van der Waals surface area contributed by atoms with Crippen LogP contribution in [0.25, 0.3) is 21.9 Å². The van der Waals surface area contributed by atoms with Crippen LogP contribution in [0.4, 0.5) is 0 Å². The molecule has 6 nitrogen and oxygen atoms in total. The van der Waals surface area contributed by atoms with Crippen molar-refractivity contribution in [2.24, 2.45) is 7.05 Å². The molecule has 0 unspecified atom stereocenters. The van der Waals surface area contributed by atoms with Gasteiger partial charge in [-0.15, -0.1) is 0 Å². The maximum Gasteiger partial charge on any atom is 0.329 e. The lowest BCUT2D eigenvalue weighted by Crippen LogP contribution is -2.33. The van der Waals surface area contributed by atoms with Crippen molar-refractivity contribution >= 4 is 27.8 Å². The second-order valence-electron chi connectivity index (χ2n) is 6.51. The van der Waals surface area contributed by atoms with Crippen LogP contribution in [0.1, 0.15) is 5.56 Å². The van der Waals surface area contributed by atoms with E-state index < -0.39 is 0 Å². The summed E-state index contributed by atoms with van der Waals surface area (Å²) in [4.78, 5) is 29.2. The Kier molecular flexibility index (Phi) is 4.46. The lowest BCUT2D eigenvalue weighted by molar-refractivity contribution is -0.121. The zero-order valence-electron chi connectivity index (χ0n) is 15.1. The summed E-state index contributed by atoms with van der Waals surface area (Å²) in [5.74, 6) is -0.179. The highest BCUT2D eigenvalue weighted by Gasteiger charge is 2.13. The van der Waals surface area contributed by atoms with Crippen LogP contribution in [0.5, 0.6) is 0 Å². The van der Waals surface area contributed by atoms with E-state index in [4.69, 9.17) is 0 Å². The number of imidazole rings is 1. The zero-order chi connectivity index (χ0) is 18.8. The Hall–Kier alpha value is -3.41. The number of para-hydroxylation sites is 3. The van der Waals surface area contributed by atoms with E-state index in [0.29, 0.717) is 13.0 Å². The molecule has 0 fully saturated rings. The first kappa shape index (κ1) is 17.0. The Morgan fingerprint density at radius 1 is 1.04 bits per heavy atom. The van der Waals surface area contributed by atoms with Crippen LogP contribution in [0.3, 0.4) is 0 Å². The quantitative estimate of drug-likeness (QED) is 0.593. The third kappa shape index (κ3) is 3.21. The monoisotopic (exact) mass is 360 g/mol. The van der Waals surface area contributed by atoms with Gasteiger partial charge in [0.05, 0.1) is 16.6 Å². The molecule has 1 amide bonds. The molecule has 0 aliphatic carbocycles. The van der Waals surface area contributed by atoms with Crippen molar-refractivity contribution in [1.82, 2.24) is 19.4 Å². The second kappa shape index (κ2) is 7.07. The predicted molar refractivity (Wildman–Crippen MR) is 106 cm³/mol. The van der Waals surface area contributed by atoms with Crippen molar-refractivity contribution in [3.8, 4) is 0 Å². The number of carbonyl (C=O) groups excluding carboxylic acids is 1. The Morgan fingerprint density at radius 2 is 1.81 bits per heavy atom. The SMILES string of the molecule is Cn1c(=O)n(CC(=O)NCCc2cccc3cccnc23)c2ccccc21. The molecule has 0 saturated heterocycles. The maximum absolute atomic E-state index is 12.4. The number of nitrogens with zero attached hydrogens (tertiary/aromatic N) is 3. The van der Waals surface area contributed by atoms with Gasteiger partial charge in [-0.05, 0) is 30.2 Å². The highest BCUT2D eigenvalue weighted by Crippen LogP contribution is 2.16. The average Bonchev–Trinajstić information content (AvgIpc) is 2.93. The molecule has 0 bridgehead atoms. The van der Waals surface area contributed by atoms with Gasteiger partial charge in [-0.3, -0.25) is 18.9 Å². The molecule has 4 aromatic rings. The molecule has 0 aliphatic rings. The van der Waals surface area contributed by atoms with Crippen LogP contribution in [0.15, 0.2) is 65.6 Å². The van der Waals surface area contributed by atoms with E-state index in [-0.39, 0.29) is 18.1 Å². The molecule has 2 heterocycles. The van der Waals surface area contributed by atoms with Gasteiger partial charge in [0.25, 0.3) is 0 Å². The standard InChI is InChI=1S/C21H20N4O2/c1-24-17-9-2-3-10-18(17)25(21(24)27)14-19(26)22-13-11-16-7-4-6-15-8-5-12-23-20(15)16/h2-10,12H,11,13-14H2,1H3,(H,22,26). The maximum atomic E-state index is 12.4. The first-order valence-corrected chi connectivity index (χ1v) is 8.89. The number of hydrogen-bond donors (Lipinski definition) is 1. The molecule has 0 aliphatic heterocycles. The molecule has 0 saturated carbocycles. The molecule has 0 atom stereocenters. The summed E-state index contributed by atoms with van der Waals surface area (Å²) in [6.07, 6.45) is 2.46. The van der Waals surface area contributed by atoms with Gasteiger partial charge >= 0.3 is 5.69 Å². The Labute approximate surface area is 156 Å². The van der Waals surface area contributed by atoms with E-state index in [0.717, 1.165) is 27.5 Å². The van der Waals surface area contributed by atoms with Gasteiger partial charge in [-0.25, -0.2) is 4.79 Å². The normalized spacial score (nSPS) is 11.1. The van der Waals surface area contributed by atoms with Crippen LogP contribution >= 0.6 is 0 Å². The van der Waals surface area contributed by atoms with E-state index in [1.807, 2.05) is 54.6 Å². The van der Waals surface area contributed by atoms with E-state index in [2.05, 4.69) is 10.3 Å². The minimum Gasteiger partial charge on any atom is -0.354 e. The molecule has 136 valence electrons. The fraction of sp³-hybridized carbons (Fsp3) is 0.190. The Balaban J connectivity index is 1.45. The number of hydrogen-bond acceptors (Lipinski definition) is 3. The van der Waals surface area contributed by atoms with Crippen molar-refractivity contribution < 1.29 is 4.79 Å². The first-order chi connectivity index (χ1) is 13.1. The topological polar surface area (TPSA) is 68.9 Å². The third-order valence-corrected chi connectivity index (χ3v) is 4.79. The Morgan fingerprint density at radius 3 is 2.67 bits per heavy atom. The summed E-state index contributed by atoms with van der Waals surface area (Å²) >= 11 is 0. The summed E-state index contributed by atoms with van der Waals surface area (Å²) in [5, 5.41) is 4.00. The van der Waals surface area contributed by atoms with Crippen molar-refractivity contribution in [1.29, 1.82) is 0 Å². The van der Waals surface area contributed by atoms with Crippen molar-refractivity contribution in [2.45, 2.75) is 13.0 Å². The highest BCUT2D eigenvalue weighted by molar-refractivity contribution is 5.82. The summed E-state index contributed by atoms with van der Waals surface area (Å²) in [6, 6.07) is 17.5. The van der Waals surface area contributed by atoms with Crippen molar-refractivity contribution in [3.05, 3.63) is 76.8 Å². The second-order valence-corrected chi connectivity index (χ2v) is 6.51. The molecule has 2 aromatic heterocycles. The summed E-state index contributed by atoms with van der Waals surface area (Å²) < 4.78 is 3.06. The van der Waals surface area contributed by atoms with Crippen LogP contribution in [-0.4, -0.2) is 26.6 Å². The third-order valence-electron chi connectivity index (χ3n) is 4.79. The zero-order valence-corrected chi connectivity index (χ0v) is 15.1. The molecule has 0 radical (unpaired) electrons. The fourth-order valence-electron chi connectivity index (χ4n) is 3.42. The lowest BCUT2D eigenvalue weighted by Gasteiger charge is -2.08. The summed E-state index contributed by atoms with van der Waals surface area (Å²) in [7, 11) is 1.71. The number of carbonyl (C=O) groups is 1. The van der Waals surface area contributed by atoms with Gasteiger partial charge in [-0.1, -0.05) is 36.4 Å².